The molecular formula is C23H35N3O4S. The van der Waals surface area contributed by atoms with Gasteiger partial charge in [-0.1, -0.05) is 17.7 Å². The van der Waals surface area contributed by atoms with E-state index in [1.807, 2.05) is 13.8 Å². The van der Waals surface area contributed by atoms with E-state index in [2.05, 4.69) is 30.1 Å². The van der Waals surface area contributed by atoms with Crippen LogP contribution in [0.3, 0.4) is 0 Å². The molecule has 1 amide bonds. The molecular weight excluding hydrogens is 414 g/mol. The SMILES string of the molecule is CC(C)=CCN1CCC(NC(=O)c2cccc(S(=O)(=O)N3CC(C)OC(C)C3)c2)CC1. The van der Waals surface area contributed by atoms with Crippen LogP contribution in [-0.2, 0) is 14.8 Å². The number of amides is 1. The number of rotatable bonds is 6. The second-order valence-corrected chi connectivity index (χ2v) is 10.9. The van der Waals surface area contributed by atoms with Crippen LogP contribution >= 0.6 is 0 Å². The zero-order chi connectivity index (χ0) is 22.6. The van der Waals surface area contributed by atoms with Crippen molar-refractivity contribution in [3.63, 3.8) is 0 Å². The van der Waals surface area contributed by atoms with Gasteiger partial charge in [0.15, 0.2) is 0 Å². The van der Waals surface area contributed by atoms with E-state index in [0.29, 0.717) is 18.7 Å². The Kier molecular flexibility index (Phi) is 7.91. The third kappa shape index (κ3) is 6.38. The summed E-state index contributed by atoms with van der Waals surface area (Å²) in [7, 11) is -3.68. The second kappa shape index (κ2) is 10.3. The van der Waals surface area contributed by atoms with Gasteiger partial charge in [0.25, 0.3) is 5.91 Å². The van der Waals surface area contributed by atoms with Crippen molar-refractivity contribution < 1.29 is 17.9 Å². The number of hydrogen-bond acceptors (Lipinski definition) is 5. The highest BCUT2D eigenvalue weighted by molar-refractivity contribution is 7.89. The topological polar surface area (TPSA) is 79.0 Å². The molecule has 0 spiro atoms. The van der Waals surface area contributed by atoms with Crippen molar-refractivity contribution in [2.45, 2.75) is 63.7 Å². The summed E-state index contributed by atoms with van der Waals surface area (Å²) in [6.45, 7) is 11.4. The lowest BCUT2D eigenvalue weighted by molar-refractivity contribution is -0.0440. The highest BCUT2D eigenvalue weighted by atomic mass is 32.2. The zero-order valence-electron chi connectivity index (χ0n) is 19.0. The van der Waals surface area contributed by atoms with Crippen LogP contribution in [0.15, 0.2) is 40.8 Å². The quantitative estimate of drug-likeness (QED) is 0.676. The average Bonchev–Trinajstić information content (AvgIpc) is 2.72. The number of ether oxygens (including phenoxy) is 1. The molecule has 0 aliphatic carbocycles. The van der Waals surface area contributed by atoms with E-state index < -0.39 is 10.0 Å². The predicted molar refractivity (Wildman–Crippen MR) is 122 cm³/mol. The van der Waals surface area contributed by atoms with Crippen molar-refractivity contribution in [1.82, 2.24) is 14.5 Å². The number of carbonyl (C=O) groups excluding carboxylic acids is 1. The molecule has 31 heavy (non-hydrogen) atoms. The van der Waals surface area contributed by atoms with Gasteiger partial charge in [-0.25, -0.2) is 8.42 Å². The smallest absolute Gasteiger partial charge is 0.251 e. The van der Waals surface area contributed by atoms with Crippen molar-refractivity contribution in [3.8, 4) is 0 Å². The fourth-order valence-corrected chi connectivity index (χ4v) is 5.75. The van der Waals surface area contributed by atoms with E-state index in [-0.39, 0.29) is 29.1 Å². The minimum absolute atomic E-state index is 0.108. The molecule has 0 radical (unpaired) electrons. The van der Waals surface area contributed by atoms with Crippen molar-refractivity contribution in [2.75, 3.05) is 32.7 Å². The van der Waals surface area contributed by atoms with Crippen LogP contribution < -0.4 is 5.32 Å². The van der Waals surface area contributed by atoms with Gasteiger partial charge in [-0.05, 0) is 58.7 Å². The monoisotopic (exact) mass is 449 g/mol. The Balaban J connectivity index is 1.62. The van der Waals surface area contributed by atoms with E-state index >= 15 is 0 Å². The van der Waals surface area contributed by atoms with E-state index in [9.17, 15) is 13.2 Å². The molecule has 172 valence electrons. The summed E-state index contributed by atoms with van der Waals surface area (Å²) in [5, 5.41) is 3.08. The van der Waals surface area contributed by atoms with Gasteiger partial charge in [-0.3, -0.25) is 9.69 Å². The molecule has 2 heterocycles. The Labute approximate surface area is 186 Å². The highest BCUT2D eigenvalue weighted by Crippen LogP contribution is 2.22. The zero-order valence-corrected chi connectivity index (χ0v) is 19.8. The molecule has 2 unspecified atom stereocenters. The molecule has 0 bridgehead atoms. The first kappa shape index (κ1) is 23.9. The second-order valence-electron chi connectivity index (χ2n) is 8.94. The number of nitrogens with zero attached hydrogens (tertiary/aromatic N) is 2. The fourth-order valence-electron chi connectivity index (χ4n) is 4.11. The van der Waals surface area contributed by atoms with Gasteiger partial charge in [0.2, 0.25) is 10.0 Å². The Morgan fingerprint density at radius 2 is 1.81 bits per heavy atom. The van der Waals surface area contributed by atoms with Crippen LogP contribution in [0.25, 0.3) is 0 Å². The van der Waals surface area contributed by atoms with Gasteiger partial charge in [0.05, 0.1) is 17.1 Å². The number of piperidine rings is 1. The highest BCUT2D eigenvalue weighted by Gasteiger charge is 2.32. The number of benzene rings is 1. The summed E-state index contributed by atoms with van der Waals surface area (Å²) in [6.07, 6.45) is 3.69. The molecule has 2 atom stereocenters. The molecule has 8 heteroatoms. The fraction of sp³-hybridized carbons (Fsp3) is 0.609. The first-order valence-electron chi connectivity index (χ1n) is 11.1. The van der Waals surface area contributed by atoms with E-state index in [1.165, 1.54) is 15.9 Å². The molecule has 2 saturated heterocycles. The number of allylic oxidation sites excluding steroid dienone is 1. The number of hydrogen-bond donors (Lipinski definition) is 1. The third-order valence-corrected chi connectivity index (χ3v) is 7.63. The molecule has 2 aliphatic heterocycles. The lowest BCUT2D eigenvalue weighted by atomic mass is 10.0. The molecule has 7 nitrogen and oxygen atoms in total. The molecule has 3 rings (SSSR count). The van der Waals surface area contributed by atoms with Crippen molar-refractivity contribution in [1.29, 1.82) is 0 Å². The van der Waals surface area contributed by atoms with Gasteiger partial charge < -0.3 is 10.1 Å². The van der Waals surface area contributed by atoms with Crippen LogP contribution in [0.4, 0.5) is 0 Å². The maximum absolute atomic E-state index is 13.1. The minimum atomic E-state index is -3.68. The minimum Gasteiger partial charge on any atom is -0.373 e. The van der Waals surface area contributed by atoms with Crippen LogP contribution in [0.2, 0.25) is 0 Å². The first-order valence-corrected chi connectivity index (χ1v) is 12.5. The molecule has 1 N–H and O–H groups in total. The third-order valence-electron chi connectivity index (χ3n) is 5.80. The molecule has 0 aromatic heterocycles. The standard InChI is InChI=1S/C23H35N3O4S/c1-17(2)8-11-25-12-9-21(10-13-25)24-23(27)20-6-5-7-22(14-20)31(28,29)26-15-18(3)30-19(4)16-26/h5-8,14,18-19,21H,9-13,15-16H2,1-4H3,(H,24,27). The summed E-state index contributed by atoms with van der Waals surface area (Å²) in [6, 6.07) is 6.45. The molecule has 1 aromatic rings. The van der Waals surface area contributed by atoms with Crippen molar-refractivity contribution in [3.05, 3.63) is 41.5 Å². The van der Waals surface area contributed by atoms with Crippen LogP contribution in [0, 0.1) is 0 Å². The Hall–Kier alpha value is -1.74. The Morgan fingerprint density at radius 3 is 2.42 bits per heavy atom. The number of nitrogens with one attached hydrogen (secondary N) is 1. The lowest BCUT2D eigenvalue weighted by Gasteiger charge is -2.34. The van der Waals surface area contributed by atoms with Gasteiger partial charge in [-0.15, -0.1) is 0 Å². The van der Waals surface area contributed by atoms with E-state index in [1.54, 1.807) is 18.2 Å². The summed E-state index contributed by atoms with van der Waals surface area (Å²) in [4.78, 5) is 15.3. The Bertz CT molecular complexity index is 893. The van der Waals surface area contributed by atoms with Gasteiger partial charge in [0.1, 0.15) is 0 Å². The van der Waals surface area contributed by atoms with E-state index in [4.69, 9.17) is 4.74 Å². The maximum atomic E-state index is 13.1. The Morgan fingerprint density at radius 1 is 1.16 bits per heavy atom. The van der Waals surface area contributed by atoms with E-state index in [0.717, 1.165) is 32.5 Å². The number of carbonyl (C=O) groups is 1. The lowest BCUT2D eigenvalue weighted by Crippen LogP contribution is -2.48. The summed E-state index contributed by atoms with van der Waals surface area (Å²) in [5.41, 5.74) is 1.69. The van der Waals surface area contributed by atoms with Crippen LogP contribution in [0.5, 0.6) is 0 Å². The molecule has 1 aromatic carbocycles. The predicted octanol–water partition coefficient (Wildman–Crippen LogP) is 2.64. The molecule has 0 saturated carbocycles. The van der Waals surface area contributed by atoms with Crippen LogP contribution in [0.1, 0.15) is 50.9 Å². The first-order chi connectivity index (χ1) is 14.6. The number of sulfonamides is 1. The van der Waals surface area contributed by atoms with Crippen molar-refractivity contribution in [2.24, 2.45) is 0 Å². The average molecular weight is 450 g/mol. The number of morpholine rings is 1. The van der Waals surface area contributed by atoms with Gasteiger partial charge in [0, 0.05) is 44.3 Å². The number of likely N-dealkylation sites (tertiary alicyclic amines) is 1. The summed E-state index contributed by atoms with van der Waals surface area (Å²) >= 11 is 0. The largest absolute Gasteiger partial charge is 0.373 e. The van der Waals surface area contributed by atoms with Gasteiger partial charge in [-0.2, -0.15) is 4.31 Å². The molecule has 2 aliphatic rings. The molecule has 2 fully saturated rings. The van der Waals surface area contributed by atoms with Crippen molar-refractivity contribution >= 4 is 15.9 Å². The maximum Gasteiger partial charge on any atom is 0.251 e. The van der Waals surface area contributed by atoms with Crippen LogP contribution in [-0.4, -0.2) is 74.5 Å². The summed E-state index contributed by atoms with van der Waals surface area (Å²) in [5.74, 6) is -0.219. The normalized spacial score (nSPS) is 24.0. The summed E-state index contributed by atoms with van der Waals surface area (Å²) < 4.78 is 33.3. The van der Waals surface area contributed by atoms with Gasteiger partial charge >= 0.3 is 0 Å².